The first-order valence-electron chi connectivity index (χ1n) is 5.58. The number of hydrogen-bond acceptors (Lipinski definition) is 1. The molecule has 84 valence electrons. The molecule has 0 unspecified atom stereocenters. The second-order valence-corrected chi connectivity index (χ2v) is 4.96. The molecule has 0 saturated heterocycles. The summed E-state index contributed by atoms with van der Waals surface area (Å²) >= 11 is 0. The summed E-state index contributed by atoms with van der Waals surface area (Å²) in [6.07, 6.45) is 8.21. The Morgan fingerprint density at radius 1 is 1.53 bits per heavy atom. The number of allylic oxidation sites excluding steroid dienone is 2. The molecule has 0 saturated carbocycles. The summed E-state index contributed by atoms with van der Waals surface area (Å²) in [6, 6.07) is 0. The van der Waals surface area contributed by atoms with Gasteiger partial charge in [-0.05, 0) is 36.7 Å². The van der Waals surface area contributed by atoms with Gasteiger partial charge < -0.3 is 4.74 Å². The molecule has 0 N–H and O–H groups in total. The molecule has 0 aromatic heterocycles. The van der Waals surface area contributed by atoms with Crippen LogP contribution in [0, 0.1) is 11.3 Å². The van der Waals surface area contributed by atoms with E-state index in [9.17, 15) is 0 Å². The van der Waals surface area contributed by atoms with Crippen molar-refractivity contribution in [2.24, 2.45) is 11.3 Å². The minimum Gasteiger partial charge on any atom is -0.494 e. The molecule has 0 bridgehead atoms. The summed E-state index contributed by atoms with van der Waals surface area (Å²) in [6.45, 7) is 14.2. The lowest BCUT2D eigenvalue weighted by molar-refractivity contribution is 0.102. The SMILES string of the molecule is C=CC[C@@H]1C[C@H](OC=C)C(C)=CC1(C)C. The van der Waals surface area contributed by atoms with E-state index in [4.69, 9.17) is 4.74 Å². The highest BCUT2D eigenvalue weighted by atomic mass is 16.5. The van der Waals surface area contributed by atoms with Gasteiger partial charge in [0.25, 0.3) is 0 Å². The normalized spacial score (nSPS) is 29.1. The Bertz CT molecular complexity index is 273. The molecular weight excluding hydrogens is 184 g/mol. The predicted molar refractivity (Wildman–Crippen MR) is 65.5 cm³/mol. The minimum absolute atomic E-state index is 0.209. The molecule has 2 atom stereocenters. The Morgan fingerprint density at radius 2 is 2.20 bits per heavy atom. The maximum Gasteiger partial charge on any atom is 0.119 e. The first-order valence-corrected chi connectivity index (χ1v) is 5.58. The van der Waals surface area contributed by atoms with Crippen molar-refractivity contribution in [2.75, 3.05) is 0 Å². The Morgan fingerprint density at radius 3 is 2.73 bits per heavy atom. The van der Waals surface area contributed by atoms with Gasteiger partial charge in [0.05, 0.1) is 6.26 Å². The van der Waals surface area contributed by atoms with Gasteiger partial charge in [-0.1, -0.05) is 32.6 Å². The van der Waals surface area contributed by atoms with Crippen molar-refractivity contribution in [3.63, 3.8) is 0 Å². The summed E-state index contributed by atoms with van der Waals surface area (Å²) in [5.41, 5.74) is 1.57. The molecule has 0 radical (unpaired) electrons. The van der Waals surface area contributed by atoms with E-state index in [1.807, 2.05) is 6.08 Å². The van der Waals surface area contributed by atoms with Gasteiger partial charge >= 0.3 is 0 Å². The van der Waals surface area contributed by atoms with Gasteiger partial charge in [-0.25, -0.2) is 0 Å². The van der Waals surface area contributed by atoms with Crippen LogP contribution in [0.3, 0.4) is 0 Å². The minimum atomic E-state index is 0.209. The van der Waals surface area contributed by atoms with E-state index in [1.165, 1.54) is 5.57 Å². The Labute approximate surface area is 93.5 Å². The fourth-order valence-corrected chi connectivity index (χ4v) is 2.43. The summed E-state index contributed by atoms with van der Waals surface area (Å²) in [4.78, 5) is 0. The van der Waals surface area contributed by atoms with Gasteiger partial charge in [-0.3, -0.25) is 0 Å². The number of ether oxygens (including phenoxy) is 1. The maximum atomic E-state index is 5.53. The van der Waals surface area contributed by atoms with Crippen molar-refractivity contribution < 1.29 is 4.74 Å². The van der Waals surface area contributed by atoms with Gasteiger partial charge in [0, 0.05) is 0 Å². The lowest BCUT2D eigenvalue weighted by Gasteiger charge is -2.39. The number of rotatable bonds is 4. The van der Waals surface area contributed by atoms with Crippen LogP contribution >= 0.6 is 0 Å². The Kier molecular flexibility index (Phi) is 3.78. The van der Waals surface area contributed by atoms with Crippen LogP contribution in [-0.4, -0.2) is 6.10 Å². The zero-order chi connectivity index (χ0) is 11.5. The molecule has 0 amide bonds. The van der Waals surface area contributed by atoms with Crippen molar-refractivity contribution in [1.29, 1.82) is 0 Å². The molecular formula is C14H22O. The molecule has 0 aromatic carbocycles. The van der Waals surface area contributed by atoms with Crippen molar-refractivity contribution in [2.45, 2.75) is 39.7 Å². The first-order chi connectivity index (χ1) is 7.01. The zero-order valence-corrected chi connectivity index (χ0v) is 10.1. The smallest absolute Gasteiger partial charge is 0.119 e. The third-order valence-electron chi connectivity index (χ3n) is 3.37. The van der Waals surface area contributed by atoms with Gasteiger partial charge in [0.15, 0.2) is 0 Å². The highest BCUT2D eigenvalue weighted by molar-refractivity contribution is 5.17. The highest BCUT2D eigenvalue weighted by Crippen LogP contribution is 2.41. The zero-order valence-electron chi connectivity index (χ0n) is 10.1. The molecule has 1 nitrogen and oxygen atoms in total. The van der Waals surface area contributed by atoms with Crippen LogP contribution in [0.5, 0.6) is 0 Å². The van der Waals surface area contributed by atoms with E-state index < -0.39 is 0 Å². The molecule has 1 rings (SSSR count). The standard InChI is InChI=1S/C14H22O/c1-6-8-12-9-13(15-7-2)11(3)10-14(12,4)5/h6-7,10,12-13H,1-2,8-9H2,3-5H3/t12-,13+/m1/s1. The van der Waals surface area contributed by atoms with E-state index in [2.05, 4.69) is 40.0 Å². The highest BCUT2D eigenvalue weighted by Gasteiger charge is 2.34. The van der Waals surface area contributed by atoms with Gasteiger partial charge in [0.1, 0.15) is 6.10 Å². The quantitative estimate of drug-likeness (QED) is 0.497. The van der Waals surface area contributed by atoms with Crippen molar-refractivity contribution in [3.05, 3.63) is 37.1 Å². The molecule has 15 heavy (non-hydrogen) atoms. The molecule has 0 heterocycles. The molecule has 0 spiro atoms. The lowest BCUT2D eigenvalue weighted by Crippen LogP contribution is -2.32. The van der Waals surface area contributed by atoms with Crippen LogP contribution < -0.4 is 0 Å². The van der Waals surface area contributed by atoms with Gasteiger partial charge in [-0.15, -0.1) is 6.58 Å². The Balaban J connectivity index is 2.85. The van der Waals surface area contributed by atoms with E-state index >= 15 is 0 Å². The molecule has 0 fully saturated rings. The number of hydrogen-bond donors (Lipinski definition) is 0. The average Bonchev–Trinajstić information content (AvgIpc) is 2.13. The lowest BCUT2D eigenvalue weighted by atomic mass is 9.68. The van der Waals surface area contributed by atoms with Crippen molar-refractivity contribution in [3.8, 4) is 0 Å². The van der Waals surface area contributed by atoms with Gasteiger partial charge in [0.2, 0.25) is 0 Å². The third-order valence-corrected chi connectivity index (χ3v) is 3.37. The molecule has 1 aliphatic carbocycles. The summed E-state index contributed by atoms with van der Waals surface area (Å²) in [5.74, 6) is 0.614. The molecule has 1 aliphatic rings. The van der Waals surface area contributed by atoms with E-state index in [-0.39, 0.29) is 11.5 Å². The Hall–Kier alpha value is -0.980. The molecule has 1 heteroatoms. The predicted octanol–water partition coefficient (Wildman–Crippen LogP) is 4.08. The largest absolute Gasteiger partial charge is 0.494 e. The van der Waals surface area contributed by atoms with Crippen LogP contribution in [0.2, 0.25) is 0 Å². The first kappa shape index (κ1) is 12.1. The summed E-state index contributed by atoms with van der Waals surface area (Å²) in [5, 5.41) is 0. The second-order valence-electron chi connectivity index (χ2n) is 4.96. The summed E-state index contributed by atoms with van der Waals surface area (Å²) in [7, 11) is 0. The maximum absolute atomic E-state index is 5.53. The van der Waals surface area contributed by atoms with Gasteiger partial charge in [-0.2, -0.15) is 0 Å². The van der Waals surface area contributed by atoms with E-state index in [0.29, 0.717) is 5.92 Å². The fourth-order valence-electron chi connectivity index (χ4n) is 2.43. The van der Waals surface area contributed by atoms with Crippen LogP contribution in [0.1, 0.15) is 33.6 Å². The molecule has 0 aliphatic heterocycles. The second kappa shape index (κ2) is 4.69. The van der Waals surface area contributed by atoms with Crippen LogP contribution in [0.25, 0.3) is 0 Å². The fraction of sp³-hybridized carbons (Fsp3) is 0.571. The third kappa shape index (κ3) is 2.74. The van der Waals surface area contributed by atoms with E-state index in [0.717, 1.165) is 12.8 Å². The van der Waals surface area contributed by atoms with Crippen LogP contribution in [-0.2, 0) is 4.74 Å². The van der Waals surface area contributed by atoms with E-state index in [1.54, 1.807) is 6.26 Å². The van der Waals surface area contributed by atoms with Crippen molar-refractivity contribution in [1.82, 2.24) is 0 Å². The average molecular weight is 206 g/mol. The topological polar surface area (TPSA) is 9.23 Å². The van der Waals surface area contributed by atoms with Crippen molar-refractivity contribution >= 4 is 0 Å². The monoisotopic (exact) mass is 206 g/mol. The van der Waals surface area contributed by atoms with Crippen LogP contribution in [0.15, 0.2) is 37.1 Å². The molecule has 0 aromatic rings. The van der Waals surface area contributed by atoms with Crippen LogP contribution in [0.4, 0.5) is 0 Å². The summed E-state index contributed by atoms with van der Waals surface area (Å²) < 4.78 is 5.53.